The van der Waals surface area contributed by atoms with Crippen LogP contribution in [-0.2, 0) is 6.42 Å². The molecule has 1 atom stereocenters. The molecule has 4 aromatic rings. The molecule has 0 saturated carbocycles. The van der Waals surface area contributed by atoms with Gasteiger partial charge in [0.05, 0.1) is 18.2 Å². The van der Waals surface area contributed by atoms with E-state index >= 15 is 0 Å². The SMILES string of the molecule is O=C(N[C@@H](CO)Cc1c[nH]c2ccccc12)c1cc(-c2cccc(C(=O)N3CCCC3)c2)cc2c1OCCO2. The first kappa shape index (κ1) is 25.0. The number of nitrogens with zero attached hydrogens (tertiary/aromatic N) is 1. The van der Waals surface area contributed by atoms with E-state index in [1.54, 1.807) is 6.07 Å². The van der Waals surface area contributed by atoms with E-state index in [-0.39, 0.29) is 18.4 Å². The Morgan fingerprint density at radius 3 is 2.64 bits per heavy atom. The standard InChI is InChI=1S/C31H31N3O5/c35-19-24(15-23-18-32-27-9-2-1-8-25(23)27)33-30(36)26-16-22(17-28-29(26)39-13-12-38-28)20-6-5-7-21(14-20)31(37)34-10-3-4-11-34/h1-2,5-9,14,16-18,24,32,35H,3-4,10-13,15,19H2,(H,33,36)/t24-/m1/s1. The number of carbonyl (C=O) groups is 2. The first-order chi connectivity index (χ1) is 19.1. The monoisotopic (exact) mass is 525 g/mol. The Labute approximate surface area is 226 Å². The number of rotatable bonds is 7. The van der Waals surface area contributed by atoms with Crippen molar-refractivity contribution >= 4 is 22.7 Å². The molecule has 3 heterocycles. The molecule has 39 heavy (non-hydrogen) atoms. The van der Waals surface area contributed by atoms with Crippen LogP contribution in [0.3, 0.4) is 0 Å². The third-order valence-electron chi connectivity index (χ3n) is 7.42. The average Bonchev–Trinajstić information content (AvgIpc) is 3.67. The van der Waals surface area contributed by atoms with E-state index in [1.165, 1.54) is 0 Å². The largest absolute Gasteiger partial charge is 0.486 e. The Morgan fingerprint density at radius 2 is 1.79 bits per heavy atom. The number of fused-ring (bicyclic) bond motifs is 2. The van der Waals surface area contributed by atoms with Crippen LogP contribution in [0.2, 0.25) is 0 Å². The molecule has 1 aromatic heterocycles. The van der Waals surface area contributed by atoms with Crippen LogP contribution in [0.4, 0.5) is 0 Å². The molecule has 0 aliphatic carbocycles. The lowest BCUT2D eigenvalue weighted by Crippen LogP contribution is -2.39. The van der Waals surface area contributed by atoms with Crippen molar-refractivity contribution in [1.29, 1.82) is 0 Å². The van der Waals surface area contributed by atoms with Gasteiger partial charge in [0.25, 0.3) is 11.8 Å². The summed E-state index contributed by atoms with van der Waals surface area (Å²) < 4.78 is 11.7. The fourth-order valence-electron chi connectivity index (χ4n) is 5.41. The van der Waals surface area contributed by atoms with Crippen LogP contribution < -0.4 is 14.8 Å². The van der Waals surface area contributed by atoms with Crippen molar-refractivity contribution in [2.24, 2.45) is 0 Å². The van der Waals surface area contributed by atoms with Gasteiger partial charge in [0.2, 0.25) is 0 Å². The van der Waals surface area contributed by atoms with Crippen molar-refractivity contribution in [3.8, 4) is 22.6 Å². The van der Waals surface area contributed by atoms with Gasteiger partial charge in [-0.15, -0.1) is 0 Å². The van der Waals surface area contributed by atoms with E-state index in [1.807, 2.05) is 65.7 Å². The Hall–Kier alpha value is -4.30. The second-order valence-corrected chi connectivity index (χ2v) is 10.0. The smallest absolute Gasteiger partial charge is 0.255 e. The molecule has 8 nitrogen and oxygen atoms in total. The highest BCUT2D eigenvalue weighted by atomic mass is 16.6. The molecule has 0 spiro atoms. The van der Waals surface area contributed by atoms with Crippen LogP contribution >= 0.6 is 0 Å². The summed E-state index contributed by atoms with van der Waals surface area (Å²) in [5, 5.41) is 14.2. The zero-order chi connectivity index (χ0) is 26.8. The van der Waals surface area contributed by atoms with Crippen molar-refractivity contribution in [1.82, 2.24) is 15.2 Å². The fraction of sp³-hybridized carbons (Fsp3) is 0.290. The number of aliphatic hydroxyl groups is 1. The number of carbonyl (C=O) groups excluding carboxylic acids is 2. The third kappa shape index (κ3) is 5.07. The molecule has 6 rings (SSSR count). The van der Waals surface area contributed by atoms with Gasteiger partial charge in [-0.1, -0.05) is 30.3 Å². The number of aromatic amines is 1. The second-order valence-electron chi connectivity index (χ2n) is 10.0. The van der Waals surface area contributed by atoms with Crippen molar-refractivity contribution in [2.75, 3.05) is 32.9 Å². The predicted molar refractivity (Wildman–Crippen MR) is 148 cm³/mol. The molecule has 2 aliphatic heterocycles. The van der Waals surface area contributed by atoms with Gasteiger partial charge in [0.1, 0.15) is 13.2 Å². The summed E-state index contributed by atoms with van der Waals surface area (Å²) >= 11 is 0. The van der Waals surface area contributed by atoms with Gasteiger partial charge in [-0.25, -0.2) is 0 Å². The quantitative estimate of drug-likeness (QED) is 0.336. The number of ether oxygens (including phenoxy) is 2. The predicted octanol–water partition coefficient (Wildman–Crippen LogP) is 4.18. The number of likely N-dealkylation sites (tertiary alicyclic amines) is 1. The molecule has 2 amide bonds. The molecule has 1 fully saturated rings. The van der Waals surface area contributed by atoms with Crippen LogP contribution in [0.1, 0.15) is 39.1 Å². The molecule has 0 unspecified atom stereocenters. The van der Waals surface area contributed by atoms with E-state index in [0.717, 1.165) is 53.5 Å². The Kier molecular flexibility index (Phi) is 6.94. The van der Waals surface area contributed by atoms with Crippen molar-refractivity contribution in [3.05, 3.63) is 83.6 Å². The number of para-hydroxylation sites is 1. The molecule has 0 bridgehead atoms. The van der Waals surface area contributed by atoms with Crippen LogP contribution in [0.15, 0.2) is 66.9 Å². The minimum Gasteiger partial charge on any atom is -0.486 e. The van der Waals surface area contributed by atoms with Crippen molar-refractivity contribution in [2.45, 2.75) is 25.3 Å². The summed E-state index contributed by atoms with van der Waals surface area (Å²) in [6.45, 7) is 2.06. The van der Waals surface area contributed by atoms with E-state index in [9.17, 15) is 14.7 Å². The Bertz CT molecular complexity index is 1520. The highest BCUT2D eigenvalue weighted by molar-refractivity contribution is 6.00. The summed E-state index contributed by atoms with van der Waals surface area (Å²) in [7, 11) is 0. The highest BCUT2D eigenvalue weighted by Gasteiger charge is 2.25. The topological polar surface area (TPSA) is 104 Å². The summed E-state index contributed by atoms with van der Waals surface area (Å²) in [4.78, 5) is 31.7. The lowest BCUT2D eigenvalue weighted by molar-refractivity contribution is 0.0792. The van der Waals surface area contributed by atoms with Crippen LogP contribution in [0.5, 0.6) is 11.5 Å². The number of aromatic nitrogens is 1. The number of aliphatic hydroxyl groups excluding tert-OH is 1. The third-order valence-corrected chi connectivity index (χ3v) is 7.42. The molecule has 1 saturated heterocycles. The Balaban J connectivity index is 1.29. The average molecular weight is 526 g/mol. The lowest BCUT2D eigenvalue weighted by Gasteiger charge is -2.23. The first-order valence-corrected chi connectivity index (χ1v) is 13.4. The van der Waals surface area contributed by atoms with Crippen molar-refractivity contribution < 1.29 is 24.2 Å². The summed E-state index contributed by atoms with van der Waals surface area (Å²) in [5.74, 6) is 0.530. The molecule has 8 heteroatoms. The van der Waals surface area contributed by atoms with Crippen molar-refractivity contribution in [3.63, 3.8) is 0 Å². The molecular weight excluding hydrogens is 494 g/mol. The maximum atomic E-state index is 13.6. The van der Waals surface area contributed by atoms with Gasteiger partial charge in [-0.05, 0) is 66.3 Å². The number of benzene rings is 3. The van der Waals surface area contributed by atoms with E-state index in [4.69, 9.17) is 9.47 Å². The maximum absolute atomic E-state index is 13.6. The van der Waals surface area contributed by atoms with Gasteiger partial charge in [-0.3, -0.25) is 9.59 Å². The molecule has 3 N–H and O–H groups in total. The molecule has 200 valence electrons. The summed E-state index contributed by atoms with van der Waals surface area (Å²) in [5.41, 5.74) is 4.53. The van der Waals surface area contributed by atoms with E-state index in [2.05, 4.69) is 10.3 Å². The van der Waals surface area contributed by atoms with E-state index < -0.39 is 6.04 Å². The fourth-order valence-corrected chi connectivity index (χ4v) is 5.41. The van der Waals surface area contributed by atoms with Crippen LogP contribution in [0, 0.1) is 0 Å². The van der Waals surface area contributed by atoms with Gasteiger partial charge in [-0.2, -0.15) is 0 Å². The van der Waals surface area contributed by atoms with Crippen LogP contribution in [-0.4, -0.2) is 65.8 Å². The summed E-state index contributed by atoms with van der Waals surface area (Å²) in [6, 6.07) is 18.5. The number of hydrogen-bond donors (Lipinski definition) is 3. The number of nitrogens with one attached hydrogen (secondary N) is 2. The van der Waals surface area contributed by atoms with E-state index in [0.29, 0.717) is 42.3 Å². The van der Waals surface area contributed by atoms with Gasteiger partial charge >= 0.3 is 0 Å². The highest BCUT2D eigenvalue weighted by Crippen LogP contribution is 2.39. The molecular formula is C31H31N3O5. The zero-order valence-corrected chi connectivity index (χ0v) is 21.6. The van der Waals surface area contributed by atoms with Gasteiger partial charge < -0.3 is 29.8 Å². The minimum absolute atomic E-state index is 0.0212. The summed E-state index contributed by atoms with van der Waals surface area (Å²) in [6.07, 6.45) is 4.43. The van der Waals surface area contributed by atoms with Gasteiger partial charge in [0.15, 0.2) is 11.5 Å². The molecule has 0 radical (unpaired) electrons. The second kappa shape index (κ2) is 10.8. The number of H-pyrrole nitrogens is 1. The zero-order valence-electron chi connectivity index (χ0n) is 21.6. The normalized spacial score (nSPS) is 15.4. The number of hydrogen-bond acceptors (Lipinski definition) is 5. The molecule has 2 aliphatic rings. The van der Waals surface area contributed by atoms with Crippen LogP contribution in [0.25, 0.3) is 22.0 Å². The minimum atomic E-state index is -0.498. The first-order valence-electron chi connectivity index (χ1n) is 13.4. The Morgan fingerprint density at radius 1 is 0.974 bits per heavy atom. The number of amides is 2. The maximum Gasteiger partial charge on any atom is 0.255 e. The van der Waals surface area contributed by atoms with Gasteiger partial charge in [0, 0.05) is 35.8 Å². The lowest BCUT2D eigenvalue weighted by atomic mass is 9.98. The molecule has 3 aromatic carbocycles.